The van der Waals surface area contributed by atoms with Gasteiger partial charge in [0.1, 0.15) is 23.9 Å². The Labute approximate surface area is 233 Å². The van der Waals surface area contributed by atoms with Gasteiger partial charge in [0.05, 0.1) is 31.1 Å². The molecule has 2 aliphatic rings. The van der Waals surface area contributed by atoms with Crippen LogP contribution in [0.2, 0.25) is 0 Å². The third kappa shape index (κ3) is 6.19. The average Bonchev–Trinajstić information content (AvgIpc) is 3.33. The first kappa shape index (κ1) is 27.8. The molecule has 1 saturated heterocycles. The number of aryl methyl sites for hydroxylation is 1. The molecule has 1 aromatic carbocycles. The van der Waals surface area contributed by atoms with E-state index in [2.05, 4.69) is 27.5 Å². The summed E-state index contributed by atoms with van der Waals surface area (Å²) in [6, 6.07) is 5.79. The fraction of sp³-hybridized carbons (Fsp3) is 0.500. The van der Waals surface area contributed by atoms with Crippen LogP contribution in [0.1, 0.15) is 52.0 Å². The highest BCUT2D eigenvalue weighted by Gasteiger charge is 2.30. The highest BCUT2D eigenvalue weighted by Crippen LogP contribution is 2.28. The van der Waals surface area contributed by atoms with Crippen LogP contribution < -0.4 is 26.0 Å². The van der Waals surface area contributed by atoms with E-state index in [4.69, 9.17) is 24.6 Å². The molecular weight excluding hydrogens is 514 g/mol. The number of hydrogen-bond donors (Lipinski definition) is 4. The molecule has 5 N–H and O–H groups in total. The third-order valence-corrected chi connectivity index (χ3v) is 7.37. The normalized spacial score (nSPS) is 17.6. The first-order valence-corrected chi connectivity index (χ1v) is 13.6. The van der Waals surface area contributed by atoms with Gasteiger partial charge in [-0.25, -0.2) is 9.97 Å². The number of rotatable bonds is 12. The Hall–Kier alpha value is -3.74. The van der Waals surface area contributed by atoms with Crippen molar-refractivity contribution >= 4 is 17.7 Å². The number of nitrogens with two attached hydrogens (primary N) is 1. The number of hydrogen-bond acceptors (Lipinski definition) is 11. The Bertz CT molecular complexity index is 1340. The number of benzene rings is 1. The number of nitrogens with zero attached hydrogens (tertiary/aromatic N) is 4. The van der Waals surface area contributed by atoms with E-state index >= 15 is 0 Å². The number of ether oxygens (including phenoxy) is 2. The minimum absolute atomic E-state index is 0.0694. The van der Waals surface area contributed by atoms with Gasteiger partial charge in [-0.05, 0) is 43.0 Å². The summed E-state index contributed by atoms with van der Waals surface area (Å²) in [6.07, 6.45) is 2.28. The van der Waals surface area contributed by atoms with Crippen LogP contribution in [0.5, 0.6) is 5.75 Å². The van der Waals surface area contributed by atoms with E-state index in [1.165, 1.54) is 6.39 Å². The summed E-state index contributed by atoms with van der Waals surface area (Å²) in [7, 11) is 1.88. The molecule has 3 aromatic rings. The number of amides is 1. The van der Waals surface area contributed by atoms with Gasteiger partial charge in [-0.15, -0.1) is 0 Å². The molecule has 5 rings (SSSR count). The van der Waals surface area contributed by atoms with Crippen LogP contribution in [0.3, 0.4) is 0 Å². The van der Waals surface area contributed by atoms with Gasteiger partial charge in [0, 0.05) is 38.2 Å². The maximum Gasteiger partial charge on any atom is 0.267 e. The number of anilines is 2. The van der Waals surface area contributed by atoms with E-state index in [9.17, 15) is 9.90 Å². The zero-order valence-corrected chi connectivity index (χ0v) is 23.1. The number of oxazole rings is 1. The molecule has 2 aromatic heterocycles. The largest absolute Gasteiger partial charge is 0.486 e. The van der Waals surface area contributed by atoms with Gasteiger partial charge < -0.3 is 40.3 Å². The van der Waals surface area contributed by atoms with Gasteiger partial charge in [0.25, 0.3) is 5.91 Å². The van der Waals surface area contributed by atoms with Crippen molar-refractivity contribution in [2.45, 2.75) is 64.4 Å². The van der Waals surface area contributed by atoms with Crippen LogP contribution in [0.4, 0.5) is 11.8 Å². The summed E-state index contributed by atoms with van der Waals surface area (Å²) < 4.78 is 16.6. The Morgan fingerprint density at radius 1 is 1.32 bits per heavy atom. The van der Waals surface area contributed by atoms with Crippen LogP contribution in [-0.4, -0.2) is 71.0 Å². The van der Waals surface area contributed by atoms with E-state index in [-0.39, 0.29) is 24.2 Å². The molecule has 40 heavy (non-hydrogen) atoms. The number of fused-ring (bicyclic) bond motifs is 1. The van der Waals surface area contributed by atoms with E-state index < -0.39 is 12.0 Å². The fourth-order valence-electron chi connectivity index (χ4n) is 4.95. The van der Waals surface area contributed by atoms with E-state index in [1.807, 2.05) is 37.1 Å². The molecule has 12 nitrogen and oxygen atoms in total. The molecule has 0 radical (unpaired) electrons. The van der Waals surface area contributed by atoms with E-state index in [0.717, 1.165) is 35.5 Å². The SMILES string of the molecule is CCCN(C)c1nc(NC2COC2)c(C[C@@H](O)[C@@H]2Cc3ccc(OCc4ocnc4C)cc3CN2)c(C(N)=O)n1. The van der Waals surface area contributed by atoms with Crippen LogP contribution in [0.25, 0.3) is 0 Å². The quantitative estimate of drug-likeness (QED) is 0.259. The smallest absolute Gasteiger partial charge is 0.267 e. The summed E-state index contributed by atoms with van der Waals surface area (Å²) in [5, 5.41) is 18.2. The molecule has 0 saturated carbocycles. The number of nitrogens with one attached hydrogen (secondary N) is 2. The molecule has 0 aliphatic carbocycles. The second-order valence-electron chi connectivity index (χ2n) is 10.4. The van der Waals surface area contributed by atoms with Gasteiger partial charge in [-0.2, -0.15) is 4.98 Å². The summed E-state index contributed by atoms with van der Waals surface area (Å²) in [5.41, 5.74) is 9.45. The van der Waals surface area contributed by atoms with E-state index in [1.54, 1.807) is 0 Å². The second kappa shape index (κ2) is 12.2. The topological polar surface area (TPSA) is 161 Å². The Morgan fingerprint density at radius 3 is 2.83 bits per heavy atom. The molecule has 0 spiro atoms. The maximum atomic E-state index is 12.5. The van der Waals surface area contributed by atoms with Crippen LogP contribution in [-0.2, 0) is 30.7 Å². The van der Waals surface area contributed by atoms with Crippen molar-refractivity contribution in [1.29, 1.82) is 0 Å². The number of aliphatic hydroxyl groups excluding tert-OH is 1. The van der Waals surface area contributed by atoms with Crippen molar-refractivity contribution in [1.82, 2.24) is 20.3 Å². The summed E-state index contributed by atoms with van der Waals surface area (Å²) >= 11 is 0. The Morgan fingerprint density at radius 2 is 2.15 bits per heavy atom. The van der Waals surface area contributed by atoms with Crippen molar-refractivity contribution < 1.29 is 23.8 Å². The molecule has 1 fully saturated rings. The number of aromatic nitrogens is 3. The predicted octanol–water partition coefficient (Wildman–Crippen LogP) is 1.73. The first-order chi connectivity index (χ1) is 19.3. The molecule has 2 atom stereocenters. The lowest BCUT2D eigenvalue weighted by Crippen LogP contribution is -2.46. The lowest BCUT2D eigenvalue weighted by atomic mass is 9.90. The highest BCUT2D eigenvalue weighted by atomic mass is 16.5. The van der Waals surface area contributed by atoms with Crippen molar-refractivity contribution in [2.75, 3.05) is 37.0 Å². The van der Waals surface area contributed by atoms with E-state index in [0.29, 0.717) is 55.9 Å². The standard InChI is InChI=1S/C28H37N7O5/c1-4-7-35(3)28-33-25(26(29)37)21(27(34-28)32-19-12-38-13-19)10-23(36)22-9-17-5-6-20(8-18(17)11-30-22)39-14-24-16(2)31-15-40-24/h5-6,8,15,19,22-23,30,36H,4,7,9-14H2,1-3H3,(H2,29,37)(H,32,33,34)/t22-,23+/m0/s1. The average molecular weight is 552 g/mol. The van der Waals surface area contributed by atoms with Crippen LogP contribution >= 0.6 is 0 Å². The molecule has 1 amide bonds. The number of primary amides is 1. The highest BCUT2D eigenvalue weighted by molar-refractivity contribution is 5.94. The van der Waals surface area contributed by atoms with Crippen LogP contribution in [0, 0.1) is 6.92 Å². The molecule has 214 valence electrons. The van der Waals surface area contributed by atoms with Crippen molar-refractivity contribution in [3.63, 3.8) is 0 Å². The minimum Gasteiger partial charge on any atom is -0.486 e. The summed E-state index contributed by atoms with van der Waals surface area (Å²) in [4.78, 5) is 27.7. The predicted molar refractivity (Wildman–Crippen MR) is 148 cm³/mol. The summed E-state index contributed by atoms with van der Waals surface area (Å²) in [5.74, 6) is 1.70. The molecule has 12 heteroatoms. The molecule has 0 unspecified atom stereocenters. The molecule has 2 aliphatic heterocycles. The zero-order valence-electron chi connectivity index (χ0n) is 23.1. The van der Waals surface area contributed by atoms with Gasteiger partial charge in [0.15, 0.2) is 12.2 Å². The van der Waals surface area contributed by atoms with Gasteiger partial charge in [-0.3, -0.25) is 4.79 Å². The van der Waals surface area contributed by atoms with Crippen molar-refractivity contribution in [2.24, 2.45) is 5.73 Å². The Balaban J connectivity index is 1.31. The fourth-order valence-corrected chi connectivity index (χ4v) is 4.95. The monoisotopic (exact) mass is 551 g/mol. The molecule has 0 bridgehead atoms. The lowest BCUT2D eigenvalue weighted by molar-refractivity contribution is 0.0209. The lowest BCUT2D eigenvalue weighted by Gasteiger charge is -2.32. The molecule has 4 heterocycles. The van der Waals surface area contributed by atoms with Gasteiger partial charge in [-0.1, -0.05) is 13.0 Å². The number of carbonyl (C=O) groups is 1. The first-order valence-electron chi connectivity index (χ1n) is 13.6. The van der Waals surface area contributed by atoms with Crippen molar-refractivity contribution in [3.8, 4) is 5.75 Å². The third-order valence-electron chi connectivity index (χ3n) is 7.37. The summed E-state index contributed by atoms with van der Waals surface area (Å²) in [6.45, 7) is 6.63. The van der Waals surface area contributed by atoms with Gasteiger partial charge in [0.2, 0.25) is 5.95 Å². The van der Waals surface area contributed by atoms with Gasteiger partial charge >= 0.3 is 0 Å². The maximum absolute atomic E-state index is 12.5. The second-order valence-corrected chi connectivity index (χ2v) is 10.4. The number of carbonyl (C=O) groups excluding carboxylic acids is 1. The minimum atomic E-state index is -0.808. The van der Waals surface area contributed by atoms with Crippen molar-refractivity contribution in [3.05, 3.63) is 58.4 Å². The Kier molecular flexibility index (Phi) is 8.48. The van der Waals surface area contributed by atoms with Crippen LogP contribution in [0.15, 0.2) is 29.0 Å². The number of aliphatic hydroxyl groups is 1. The zero-order chi connectivity index (χ0) is 28.2. The molecular formula is C28H37N7O5.